The maximum Gasteiger partial charge on any atom is 0.187 e. The predicted octanol–water partition coefficient (Wildman–Crippen LogP) is 1.91. The Kier molecular flexibility index (Phi) is 14.8. The molecule has 0 bridgehead atoms. The second-order valence-corrected chi connectivity index (χ2v) is 7.41. The summed E-state index contributed by atoms with van der Waals surface area (Å²) in [4.78, 5) is 0. The van der Waals surface area contributed by atoms with Gasteiger partial charge < -0.3 is 34.6 Å². The van der Waals surface area contributed by atoms with Crippen LogP contribution in [0, 0.1) is 0 Å². The third kappa shape index (κ3) is 10.3. The van der Waals surface area contributed by atoms with Gasteiger partial charge in [-0.05, 0) is 6.42 Å². The van der Waals surface area contributed by atoms with Crippen LogP contribution in [0.1, 0.15) is 64.7 Å². The molecule has 7 nitrogen and oxygen atoms in total. The van der Waals surface area contributed by atoms with Gasteiger partial charge in [0.2, 0.25) is 0 Å². The molecule has 0 spiro atoms. The van der Waals surface area contributed by atoms with Crippen LogP contribution in [-0.2, 0) is 14.2 Å². The van der Waals surface area contributed by atoms with Crippen molar-refractivity contribution in [2.45, 2.75) is 95.4 Å². The average Bonchev–Trinajstić information content (AvgIpc) is 2.70. The van der Waals surface area contributed by atoms with E-state index in [1.165, 1.54) is 51.4 Å². The van der Waals surface area contributed by atoms with Gasteiger partial charge in [0, 0.05) is 6.61 Å². The molecule has 4 N–H and O–H groups in total. The van der Waals surface area contributed by atoms with E-state index in [0.717, 1.165) is 13.0 Å². The maximum atomic E-state index is 9.85. The number of hydrogen-bond acceptors (Lipinski definition) is 7. The van der Waals surface area contributed by atoms with Gasteiger partial charge in [0.1, 0.15) is 24.4 Å². The molecule has 7 heteroatoms. The van der Waals surface area contributed by atoms with Crippen LogP contribution in [0.4, 0.5) is 0 Å². The molecule has 0 unspecified atom stereocenters. The molecule has 1 rings (SSSR count). The molecule has 0 radical (unpaired) electrons. The predicted molar refractivity (Wildman–Crippen MR) is 107 cm³/mol. The van der Waals surface area contributed by atoms with Crippen molar-refractivity contribution in [1.29, 1.82) is 0 Å². The molecule has 0 amide bonds. The van der Waals surface area contributed by atoms with Gasteiger partial charge in [-0.25, -0.2) is 0 Å². The van der Waals surface area contributed by atoms with Crippen LogP contribution in [0.25, 0.3) is 0 Å². The van der Waals surface area contributed by atoms with E-state index in [1.54, 1.807) is 6.08 Å². The molecule has 5 atom stereocenters. The molecule has 0 aliphatic carbocycles. The largest absolute Gasteiger partial charge is 0.394 e. The lowest BCUT2D eigenvalue weighted by molar-refractivity contribution is -0.298. The molecular formula is C21H40O7. The third-order valence-electron chi connectivity index (χ3n) is 4.98. The molecule has 28 heavy (non-hydrogen) atoms. The van der Waals surface area contributed by atoms with Crippen molar-refractivity contribution in [3.8, 4) is 0 Å². The SMILES string of the molecule is CCCCCCCCCCCOC/C=C\CO[C@@H]1O[C@H](CO)[C@H](O)[C@H](O)[C@H]1O. The van der Waals surface area contributed by atoms with Crippen LogP contribution in [-0.4, -0.2) is 77.6 Å². The number of hydrogen-bond donors (Lipinski definition) is 4. The maximum absolute atomic E-state index is 9.85. The lowest BCUT2D eigenvalue weighted by Gasteiger charge is -2.39. The fourth-order valence-electron chi connectivity index (χ4n) is 3.16. The highest BCUT2D eigenvalue weighted by Crippen LogP contribution is 2.21. The normalized spacial score (nSPS) is 28.2. The van der Waals surface area contributed by atoms with Crippen LogP contribution in [0.3, 0.4) is 0 Å². The number of aliphatic hydroxyl groups excluding tert-OH is 4. The van der Waals surface area contributed by atoms with Crippen molar-refractivity contribution in [1.82, 2.24) is 0 Å². The summed E-state index contributed by atoms with van der Waals surface area (Å²) in [6, 6.07) is 0. The van der Waals surface area contributed by atoms with E-state index in [9.17, 15) is 15.3 Å². The van der Waals surface area contributed by atoms with E-state index in [0.29, 0.717) is 6.61 Å². The monoisotopic (exact) mass is 404 g/mol. The molecule has 1 heterocycles. The van der Waals surface area contributed by atoms with Crippen LogP contribution in [0.15, 0.2) is 12.2 Å². The smallest absolute Gasteiger partial charge is 0.187 e. The van der Waals surface area contributed by atoms with Crippen molar-refractivity contribution in [3.05, 3.63) is 12.2 Å². The van der Waals surface area contributed by atoms with Gasteiger partial charge in [-0.15, -0.1) is 0 Å². The average molecular weight is 405 g/mol. The van der Waals surface area contributed by atoms with Gasteiger partial charge >= 0.3 is 0 Å². The summed E-state index contributed by atoms with van der Waals surface area (Å²) in [5.41, 5.74) is 0. The summed E-state index contributed by atoms with van der Waals surface area (Å²) >= 11 is 0. The van der Waals surface area contributed by atoms with E-state index in [2.05, 4.69) is 6.92 Å². The highest BCUT2D eigenvalue weighted by atomic mass is 16.7. The summed E-state index contributed by atoms with van der Waals surface area (Å²) in [6.07, 6.45) is 8.98. The van der Waals surface area contributed by atoms with E-state index >= 15 is 0 Å². The van der Waals surface area contributed by atoms with Crippen molar-refractivity contribution >= 4 is 0 Å². The van der Waals surface area contributed by atoms with E-state index < -0.39 is 37.3 Å². The molecule has 166 valence electrons. The Morgan fingerprint density at radius 2 is 1.39 bits per heavy atom. The second-order valence-electron chi connectivity index (χ2n) is 7.41. The molecule has 0 aromatic carbocycles. The van der Waals surface area contributed by atoms with Gasteiger partial charge in [0.15, 0.2) is 6.29 Å². The van der Waals surface area contributed by atoms with Gasteiger partial charge in [0.25, 0.3) is 0 Å². The van der Waals surface area contributed by atoms with Crippen LogP contribution >= 0.6 is 0 Å². The summed E-state index contributed by atoms with van der Waals surface area (Å²) in [7, 11) is 0. The first-order valence-corrected chi connectivity index (χ1v) is 10.8. The topological polar surface area (TPSA) is 109 Å². The minimum Gasteiger partial charge on any atom is -0.394 e. The molecule has 0 aromatic rings. The first kappa shape index (κ1) is 25.5. The zero-order valence-electron chi connectivity index (χ0n) is 17.2. The summed E-state index contributed by atoms with van der Waals surface area (Å²) in [5, 5.41) is 38.4. The van der Waals surface area contributed by atoms with Crippen LogP contribution in [0.2, 0.25) is 0 Å². The minimum atomic E-state index is -1.42. The van der Waals surface area contributed by atoms with Crippen molar-refractivity contribution < 1.29 is 34.6 Å². The molecular weight excluding hydrogens is 364 g/mol. The van der Waals surface area contributed by atoms with Gasteiger partial charge in [-0.2, -0.15) is 0 Å². The Hall–Kier alpha value is -0.540. The summed E-state index contributed by atoms with van der Waals surface area (Å²) in [5.74, 6) is 0. The highest BCUT2D eigenvalue weighted by molar-refractivity contribution is 4.89. The lowest BCUT2D eigenvalue weighted by atomic mass is 9.99. The van der Waals surface area contributed by atoms with Crippen molar-refractivity contribution in [3.63, 3.8) is 0 Å². The van der Waals surface area contributed by atoms with Gasteiger partial charge in [0.05, 0.1) is 19.8 Å². The number of rotatable bonds is 16. The molecule has 1 saturated heterocycles. The highest BCUT2D eigenvalue weighted by Gasteiger charge is 2.43. The standard InChI is InChI=1S/C21H40O7/c1-2-3-4-5-6-7-8-9-10-13-26-14-11-12-15-27-21-20(25)19(24)18(23)17(16-22)28-21/h11-12,17-25H,2-10,13-16H2,1H3/b12-11-/t17-,18+,19+,20-,21-/m1/s1. The molecule has 1 aliphatic rings. The first-order chi connectivity index (χ1) is 13.6. The zero-order valence-corrected chi connectivity index (χ0v) is 17.2. The van der Waals surface area contributed by atoms with Gasteiger partial charge in [-0.3, -0.25) is 0 Å². The second kappa shape index (κ2) is 16.3. The summed E-state index contributed by atoms with van der Waals surface area (Å²) in [6.45, 7) is 3.18. The fourth-order valence-corrected chi connectivity index (χ4v) is 3.16. The molecule has 0 saturated carbocycles. The Morgan fingerprint density at radius 1 is 0.786 bits per heavy atom. The Balaban J connectivity index is 1.97. The Labute approximate surface area is 169 Å². The molecule has 1 aliphatic heterocycles. The zero-order chi connectivity index (χ0) is 20.6. The molecule has 0 aromatic heterocycles. The number of unbranched alkanes of at least 4 members (excludes halogenated alkanes) is 8. The van der Waals surface area contributed by atoms with E-state index in [1.807, 2.05) is 6.08 Å². The van der Waals surface area contributed by atoms with E-state index in [-0.39, 0.29) is 6.61 Å². The van der Waals surface area contributed by atoms with Gasteiger partial charge in [-0.1, -0.05) is 70.4 Å². The third-order valence-corrected chi connectivity index (χ3v) is 4.98. The Bertz CT molecular complexity index is 389. The van der Waals surface area contributed by atoms with Crippen molar-refractivity contribution in [2.75, 3.05) is 26.4 Å². The fraction of sp³-hybridized carbons (Fsp3) is 0.905. The lowest BCUT2D eigenvalue weighted by Crippen LogP contribution is -2.59. The first-order valence-electron chi connectivity index (χ1n) is 10.8. The van der Waals surface area contributed by atoms with Crippen LogP contribution < -0.4 is 0 Å². The number of ether oxygens (including phenoxy) is 3. The molecule has 1 fully saturated rings. The van der Waals surface area contributed by atoms with Crippen molar-refractivity contribution in [2.24, 2.45) is 0 Å². The van der Waals surface area contributed by atoms with E-state index in [4.69, 9.17) is 19.3 Å². The quantitative estimate of drug-likeness (QED) is 0.230. The minimum absolute atomic E-state index is 0.171. The number of aliphatic hydroxyl groups is 4. The Morgan fingerprint density at radius 3 is 2.04 bits per heavy atom. The summed E-state index contributed by atoms with van der Waals surface area (Å²) < 4.78 is 16.2. The van der Waals surface area contributed by atoms with Crippen LogP contribution in [0.5, 0.6) is 0 Å².